The monoisotopic (exact) mass is 321 g/mol. The van der Waals surface area contributed by atoms with Crippen molar-refractivity contribution in [1.29, 1.82) is 0 Å². The Kier molecular flexibility index (Phi) is 3.99. The molecule has 0 unspecified atom stereocenters. The summed E-state index contributed by atoms with van der Waals surface area (Å²) in [6, 6.07) is 9.31. The van der Waals surface area contributed by atoms with Gasteiger partial charge in [0.15, 0.2) is 5.58 Å². The van der Waals surface area contributed by atoms with E-state index in [4.69, 9.17) is 4.42 Å². The lowest BCUT2D eigenvalue weighted by Crippen LogP contribution is -2.24. The summed E-state index contributed by atoms with van der Waals surface area (Å²) in [4.78, 5) is 20.9. The first-order chi connectivity index (χ1) is 11.8. The summed E-state index contributed by atoms with van der Waals surface area (Å²) in [5.41, 5.74) is 3.09. The maximum absolute atomic E-state index is 12.4. The van der Waals surface area contributed by atoms with Gasteiger partial charge in [-0.2, -0.15) is 0 Å². The largest absolute Gasteiger partial charge is 0.436 e. The van der Waals surface area contributed by atoms with E-state index in [2.05, 4.69) is 15.3 Å². The molecule has 2 aromatic heterocycles. The van der Waals surface area contributed by atoms with Gasteiger partial charge in [0.25, 0.3) is 0 Å². The maximum atomic E-state index is 12.4. The second-order valence-corrected chi connectivity index (χ2v) is 6.26. The average molecular weight is 321 g/mol. The number of aromatic nitrogens is 2. The summed E-state index contributed by atoms with van der Waals surface area (Å²) in [5.74, 6) is 0.808. The predicted octanol–water partition coefficient (Wildman–Crippen LogP) is 4.41. The van der Waals surface area contributed by atoms with Gasteiger partial charge in [-0.1, -0.05) is 19.3 Å². The van der Waals surface area contributed by atoms with E-state index < -0.39 is 0 Å². The van der Waals surface area contributed by atoms with Crippen LogP contribution in [0.25, 0.3) is 22.6 Å². The molecule has 0 spiro atoms. The van der Waals surface area contributed by atoms with Gasteiger partial charge in [-0.15, -0.1) is 0 Å². The third-order valence-electron chi connectivity index (χ3n) is 4.56. The van der Waals surface area contributed by atoms with Gasteiger partial charge in [0.2, 0.25) is 11.8 Å². The SMILES string of the molecule is O=C(Nc1ccc2nc(-c3ccncc3)oc2c1)C1CCCCC1. The molecule has 0 aliphatic heterocycles. The van der Waals surface area contributed by atoms with Crippen molar-refractivity contribution in [3.8, 4) is 11.5 Å². The number of oxazole rings is 1. The lowest BCUT2D eigenvalue weighted by atomic mass is 9.88. The second-order valence-electron chi connectivity index (χ2n) is 6.26. The molecule has 5 nitrogen and oxygen atoms in total. The van der Waals surface area contributed by atoms with Gasteiger partial charge in [0, 0.05) is 35.6 Å². The number of carbonyl (C=O) groups is 1. The van der Waals surface area contributed by atoms with Crippen LogP contribution < -0.4 is 5.32 Å². The molecule has 1 aliphatic carbocycles. The Morgan fingerprint density at radius 3 is 2.67 bits per heavy atom. The number of fused-ring (bicyclic) bond motifs is 1. The third-order valence-corrected chi connectivity index (χ3v) is 4.56. The lowest BCUT2D eigenvalue weighted by molar-refractivity contribution is -0.120. The molecule has 0 radical (unpaired) electrons. The Balaban J connectivity index is 1.56. The molecule has 0 saturated heterocycles. The summed E-state index contributed by atoms with van der Waals surface area (Å²) in [5, 5.41) is 3.02. The molecular weight excluding hydrogens is 302 g/mol. The van der Waals surface area contributed by atoms with Crippen molar-refractivity contribution < 1.29 is 9.21 Å². The van der Waals surface area contributed by atoms with Crippen molar-refractivity contribution in [2.24, 2.45) is 5.92 Å². The van der Waals surface area contributed by atoms with Crippen LogP contribution in [0.1, 0.15) is 32.1 Å². The fraction of sp³-hybridized carbons (Fsp3) is 0.316. The maximum Gasteiger partial charge on any atom is 0.227 e. The Labute approximate surface area is 140 Å². The highest BCUT2D eigenvalue weighted by Gasteiger charge is 2.21. The van der Waals surface area contributed by atoms with Gasteiger partial charge < -0.3 is 9.73 Å². The van der Waals surface area contributed by atoms with Crippen molar-refractivity contribution in [1.82, 2.24) is 9.97 Å². The van der Waals surface area contributed by atoms with E-state index in [9.17, 15) is 4.79 Å². The van der Waals surface area contributed by atoms with E-state index in [0.717, 1.165) is 42.5 Å². The number of pyridine rings is 1. The predicted molar refractivity (Wildman–Crippen MR) is 92.4 cm³/mol. The normalized spacial score (nSPS) is 15.5. The van der Waals surface area contributed by atoms with Crippen LogP contribution in [0.5, 0.6) is 0 Å². The molecule has 1 N–H and O–H groups in total. The number of anilines is 1. The van der Waals surface area contributed by atoms with Gasteiger partial charge in [0.1, 0.15) is 5.52 Å². The van der Waals surface area contributed by atoms with Crippen molar-refractivity contribution in [3.63, 3.8) is 0 Å². The molecule has 2 heterocycles. The van der Waals surface area contributed by atoms with E-state index in [-0.39, 0.29) is 11.8 Å². The molecule has 0 atom stereocenters. The molecule has 1 aliphatic rings. The number of hydrogen-bond donors (Lipinski definition) is 1. The van der Waals surface area contributed by atoms with Crippen molar-refractivity contribution in [2.75, 3.05) is 5.32 Å². The van der Waals surface area contributed by atoms with Crippen LogP contribution in [-0.2, 0) is 4.79 Å². The number of nitrogens with one attached hydrogen (secondary N) is 1. The molecule has 0 bridgehead atoms. The highest BCUT2D eigenvalue weighted by molar-refractivity contribution is 5.94. The summed E-state index contributed by atoms with van der Waals surface area (Å²) in [6.45, 7) is 0. The van der Waals surface area contributed by atoms with Crippen molar-refractivity contribution in [2.45, 2.75) is 32.1 Å². The third kappa shape index (κ3) is 3.02. The average Bonchev–Trinajstić information content (AvgIpc) is 3.06. The first kappa shape index (κ1) is 14.9. The number of benzene rings is 1. The van der Waals surface area contributed by atoms with E-state index >= 15 is 0 Å². The van der Waals surface area contributed by atoms with E-state index in [1.807, 2.05) is 30.3 Å². The zero-order chi connectivity index (χ0) is 16.4. The zero-order valence-corrected chi connectivity index (χ0v) is 13.4. The fourth-order valence-corrected chi connectivity index (χ4v) is 3.23. The summed E-state index contributed by atoms with van der Waals surface area (Å²) in [6.07, 6.45) is 8.93. The first-order valence-corrected chi connectivity index (χ1v) is 8.41. The number of nitrogens with zero attached hydrogens (tertiary/aromatic N) is 2. The molecule has 1 saturated carbocycles. The minimum absolute atomic E-state index is 0.114. The van der Waals surface area contributed by atoms with Crippen LogP contribution in [0.2, 0.25) is 0 Å². The molecule has 1 fully saturated rings. The summed E-state index contributed by atoms with van der Waals surface area (Å²) in [7, 11) is 0. The standard InChI is InChI=1S/C19H19N3O2/c23-18(13-4-2-1-3-5-13)21-15-6-7-16-17(12-15)24-19(22-16)14-8-10-20-11-9-14/h6-13H,1-5H2,(H,21,23). The molecule has 122 valence electrons. The summed E-state index contributed by atoms with van der Waals surface area (Å²) < 4.78 is 5.83. The van der Waals surface area contributed by atoms with Gasteiger partial charge >= 0.3 is 0 Å². The Bertz CT molecular complexity index is 851. The quantitative estimate of drug-likeness (QED) is 0.776. The van der Waals surface area contributed by atoms with Gasteiger partial charge in [-0.05, 0) is 37.1 Å². The Morgan fingerprint density at radius 2 is 1.88 bits per heavy atom. The topological polar surface area (TPSA) is 68.0 Å². The molecule has 24 heavy (non-hydrogen) atoms. The van der Waals surface area contributed by atoms with Gasteiger partial charge in [0.05, 0.1) is 0 Å². The molecular formula is C19H19N3O2. The highest BCUT2D eigenvalue weighted by Crippen LogP contribution is 2.28. The summed E-state index contributed by atoms with van der Waals surface area (Å²) >= 11 is 0. The van der Waals surface area contributed by atoms with E-state index in [1.54, 1.807) is 12.4 Å². The van der Waals surface area contributed by atoms with E-state index in [1.165, 1.54) is 6.42 Å². The van der Waals surface area contributed by atoms with Gasteiger partial charge in [-0.25, -0.2) is 4.98 Å². The number of hydrogen-bond acceptors (Lipinski definition) is 4. The highest BCUT2D eigenvalue weighted by atomic mass is 16.3. The Morgan fingerprint density at radius 1 is 1.08 bits per heavy atom. The van der Waals surface area contributed by atoms with Crippen LogP contribution >= 0.6 is 0 Å². The minimum Gasteiger partial charge on any atom is -0.436 e. The zero-order valence-electron chi connectivity index (χ0n) is 13.4. The van der Waals surface area contributed by atoms with E-state index in [0.29, 0.717) is 11.5 Å². The molecule has 4 rings (SSSR count). The fourth-order valence-electron chi connectivity index (χ4n) is 3.23. The lowest BCUT2D eigenvalue weighted by Gasteiger charge is -2.20. The van der Waals surface area contributed by atoms with Crippen LogP contribution in [0.15, 0.2) is 47.1 Å². The smallest absolute Gasteiger partial charge is 0.227 e. The van der Waals surface area contributed by atoms with Crippen LogP contribution in [-0.4, -0.2) is 15.9 Å². The first-order valence-electron chi connectivity index (χ1n) is 8.41. The second kappa shape index (κ2) is 6.43. The van der Waals surface area contributed by atoms with Gasteiger partial charge in [-0.3, -0.25) is 9.78 Å². The Hall–Kier alpha value is -2.69. The van der Waals surface area contributed by atoms with Crippen molar-refractivity contribution in [3.05, 3.63) is 42.7 Å². The number of carbonyl (C=O) groups excluding carboxylic acids is 1. The molecule has 5 heteroatoms. The minimum atomic E-state index is 0.114. The van der Waals surface area contributed by atoms with Crippen LogP contribution in [0.4, 0.5) is 5.69 Å². The number of amides is 1. The van der Waals surface area contributed by atoms with Crippen molar-refractivity contribution >= 4 is 22.7 Å². The molecule has 1 amide bonds. The van der Waals surface area contributed by atoms with Crippen LogP contribution in [0, 0.1) is 5.92 Å². The molecule has 1 aromatic carbocycles. The number of rotatable bonds is 3. The van der Waals surface area contributed by atoms with Crippen LogP contribution in [0.3, 0.4) is 0 Å². The molecule has 3 aromatic rings.